The van der Waals surface area contributed by atoms with Gasteiger partial charge < -0.3 is 15.4 Å². The van der Waals surface area contributed by atoms with Crippen molar-refractivity contribution >= 4 is 28.5 Å². The van der Waals surface area contributed by atoms with Crippen molar-refractivity contribution in [1.82, 2.24) is 9.88 Å². The highest BCUT2D eigenvalue weighted by Gasteiger charge is 2.52. The van der Waals surface area contributed by atoms with Crippen molar-refractivity contribution in [2.24, 2.45) is 16.7 Å². The van der Waals surface area contributed by atoms with Gasteiger partial charge in [-0.1, -0.05) is 34.6 Å². The molecule has 4 rings (SSSR count). The first-order chi connectivity index (χ1) is 14.0. The number of hydrogen-bond donors (Lipinski definition) is 3. The van der Waals surface area contributed by atoms with Gasteiger partial charge in [-0.15, -0.1) is 0 Å². The second-order valence-electron chi connectivity index (χ2n) is 10.8. The first-order valence-electron chi connectivity index (χ1n) is 10.9. The summed E-state index contributed by atoms with van der Waals surface area (Å²) in [7, 11) is 0. The summed E-state index contributed by atoms with van der Waals surface area (Å²) in [6.07, 6.45) is 5.02. The molecule has 2 aromatic rings. The lowest BCUT2D eigenvalue weighted by Gasteiger charge is -2.40. The fraction of sp³-hybridized carbons (Fsp3) is 0.583. The number of likely N-dealkylation sites (tertiary alicyclic amines) is 1. The average Bonchev–Trinajstić information content (AvgIpc) is 3.12. The van der Waals surface area contributed by atoms with Crippen LogP contribution >= 0.6 is 0 Å². The minimum absolute atomic E-state index is 0.0512. The van der Waals surface area contributed by atoms with Gasteiger partial charge in [-0.3, -0.25) is 14.5 Å². The molecule has 6 heteroatoms. The van der Waals surface area contributed by atoms with Gasteiger partial charge in [-0.2, -0.15) is 0 Å². The summed E-state index contributed by atoms with van der Waals surface area (Å²) < 4.78 is 0. The van der Waals surface area contributed by atoms with Crippen molar-refractivity contribution in [2.45, 2.75) is 66.0 Å². The minimum Gasteiger partial charge on any atom is -0.480 e. The van der Waals surface area contributed by atoms with E-state index in [-0.39, 0.29) is 28.7 Å². The number of carbonyl (C=O) groups is 2. The fourth-order valence-corrected chi connectivity index (χ4v) is 5.99. The van der Waals surface area contributed by atoms with Gasteiger partial charge in [0.2, 0.25) is 5.91 Å². The molecule has 1 saturated heterocycles. The van der Waals surface area contributed by atoms with Gasteiger partial charge in [-0.05, 0) is 48.3 Å². The van der Waals surface area contributed by atoms with E-state index in [1.54, 1.807) is 0 Å². The van der Waals surface area contributed by atoms with Crippen LogP contribution < -0.4 is 5.32 Å². The van der Waals surface area contributed by atoms with Gasteiger partial charge in [-0.25, -0.2) is 0 Å². The van der Waals surface area contributed by atoms with E-state index in [9.17, 15) is 14.7 Å². The smallest absolute Gasteiger partial charge is 0.325 e. The van der Waals surface area contributed by atoms with Crippen LogP contribution in [0.15, 0.2) is 24.4 Å². The normalized spacial score (nSPS) is 26.8. The molecular weight excluding hydrogens is 378 g/mol. The number of nitrogens with zero attached hydrogens (tertiary/aromatic N) is 1. The van der Waals surface area contributed by atoms with Crippen LogP contribution in [0.3, 0.4) is 0 Å². The molecule has 2 heterocycles. The molecule has 6 nitrogen and oxygen atoms in total. The molecular formula is C24H33N3O3. The molecule has 1 aliphatic carbocycles. The number of aromatic nitrogens is 1. The minimum atomic E-state index is -0.818. The SMILES string of the molecule is CC(C)C(=O)Nc1ccc2[nH]cc([C@H](C(=O)O)N3C[C@@]4(C)C[C@@H]3CC(C)(C)C4)c2c1. The number of carboxylic acid groups (broad SMARTS) is 1. The molecule has 1 aromatic carbocycles. The number of aromatic amines is 1. The Morgan fingerprint density at radius 1 is 1.23 bits per heavy atom. The third kappa shape index (κ3) is 3.73. The van der Waals surface area contributed by atoms with E-state index in [1.165, 1.54) is 0 Å². The Hall–Kier alpha value is -2.34. The maximum Gasteiger partial charge on any atom is 0.325 e. The lowest BCUT2D eigenvalue weighted by molar-refractivity contribution is -0.144. The quantitative estimate of drug-likeness (QED) is 0.660. The second-order valence-corrected chi connectivity index (χ2v) is 10.8. The lowest BCUT2D eigenvalue weighted by atomic mass is 9.65. The number of benzene rings is 1. The number of rotatable bonds is 5. The summed E-state index contributed by atoms with van der Waals surface area (Å²) >= 11 is 0. The highest BCUT2D eigenvalue weighted by molar-refractivity contribution is 5.96. The van der Waals surface area contributed by atoms with E-state index in [1.807, 2.05) is 38.2 Å². The third-order valence-corrected chi connectivity index (χ3v) is 6.82. The zero-order chi connectivity index (χ0) is 21.8. The van der Waals surface area contributed by atoms with Crippen molar-refractivity contribution in [3.05, 3.63) is 30.0 Å². The van der Waals surface area contributed by atoms with E-state index in [0.29, 0.717) is 5.69 Å². The number of anilines is 1. The molecule has 1 saturated carbocycles. The number of fused-ring (bicyclic) bond motifs is 3. The molecule has 1 aliphatic heterocycles. The summed E-state index contributed by atoms with van der Waals surface area (Å²) in [6.45, 7) is 11.4. The highest BCUT2D eigenvalue weighted by Crippen LogP contribution is 2.54. The van der Waals surface area contributed by atoms with Gasteiger partial charge >= 0.3 is 5.97 Å². The lowest BCUT2D eigenvalue weighted by Crippen LogP contribution is -2.39. The molecule has 0 spiro atoms. The van der Waals surface area contributed by atoms with Crippen LogP contribution in [0.5, 0.6) is 0 Å². The van der Waals surface area contributed by atoms with Crippen LogP contribution in [0.1, 0.15) is 65.5 Å². The standard InChI is InChI=1S/C24H33N3O3/c1-14(2)21(28)26-15-6-7-19-17(8-15)18(11-25-19)20(22(29)30)27-13-24(5)10-16(27)9-23(3,4)12-24/h6-8,11,14,16,20,25H,9-10,12-13H2,1-5H3,(H,26,28)(H,29,30)/t16-,20+,24-/m0/s1. The Morgan fingerprint density at radius 3 is 2.63 bits per heavy atom. The van der Waals surface area contributed by atoms with Gasteiger partial charge in [0, 0.05) is 46.9 Å². The van der Waals surface area contributed by atoms with E-state index < -0.39 is 12.0 Å². The van der Waals surface area contributed by atoms with Gasteiger partial charge in [0.05, 0.1) is 0 Å². The van der Waals surface area contributed by atoms with Gasteiger partial charge in [0.1, 0.15) is 6.04 Å². The highest BCUT2D eigenvalue weighted by atomic mass is 16.4. The van der Waals surface area contributed by atoms with Gasteiger partial charge in [0.15, 0.2) is 0 Å². The van der Waals surface area contributed by atoms with E-state index in [4.69, 9.17) is 0 Å². The molecule has 3 N–H and O–H groups in total. The Kier molecular flexibility index (Phi) is 4.96. The van der Waals surface area contributed by atoms with Crippen molar-refractivity contribution in [2.75, 3.05) is 11.9 Å². The zero-order valence-corrected chi connectivity index (χ0v) is 18.6. The first-order valence-corrected chi connectivity index (χ1v) is 10.9. The second kappa shape index (κ2) is 7.12. The number of hydrogen-bond acceptors (Lipinski definition) is 3. The number of aliphatic carboxylic acids is 1. The Balaban J connectivity index is 1.72. The van der Waals surface area contributed by atoms with Crippen molar-refractivity contribution in [1.29, 1.82) is 0 Å². The number of carbonyl (C=O) groups excluding carboxylic acids is 1. The van der Waals surface area contributed by atoms with Crippen LogP contribution in [0.2, 0.25) is 0 Å². The maximum absolute atomic E-state index is 12.5. The van der Waals surface area contributed by atoms with E-state index in [0.717, 1.165) is 42.3 Å². The summed E-state index contributed by atoms with van der Waals surface area (Å²) in [5.74, 6) is -0.989. The Morgan fingerprint density at radius 2 is 1.97 bits per heavy atom. The predicted octanol–water partition coefficient (Wildman–Crippen LogP) is 4.79. The summed E-state index contributed by atoms with van der Waals surface area (Å²) in [5.41, 5.74) is 2.73. The number of amides is 1. The predicted molar refractivity (Wildman–Crippen MR) is 118 cm³/mol. The van der Waals surface area contributed by atoms with Crippen LogP contribution in [0.4, 0.5) is 5.69 Å². The Bertz CT molecular complexity index is 993. The summed E-state index contributed by atoms with van der Waals surface area (Å²) in [4.78, 5) is 30.1. The number of nitrogens with one attached hydrogen (secondary N) is 2. The molecule has 2 aliphatic rings. The van der Waals surface area contributed by atoms with Crippen LogP contribution in [0.25, 0.3) is 10.9 Å². The summed E-state index contributed by atoms with van der Waals surface area (Å²) in [6, 6.07) is 5.22. The molecule has 0 unspecified atom stereocenters. The maximum atomic E-state index is 12.5. The molecule has 0 radical (unpaired) electrons. The number of H-pyrrole nitrogens is 1. The van der Waals surface area contributed by atoms with E-state index >= 15 is 0 Å². The molecule has 3 atom stereocenters. The third-order valence-electron chi connectivity index (χ3n) is 6.82. The van der Waals surface area contributed by atoms with Crippen LogP contribution in [-0.2, 0) is 9.59 Å². The molecule has 2 fully saturated rings. The van der Waals surface area contributed by atoms with Gasteiger partial charge in [0.25, 0.3) is 0 Å². The van der Waals surface area contributed by atoms with Crippen molar-refractivity contribution < 1.29 is 14.7 Å². The monoisotopic (exact) mass is 411 g/mol. The zero-order valence-electron chi connectivity index (χ0n) is 18.6. The number of carboxylic acids is 1. The Labute approximate surface area is 178 Å². The van der Waals surface area contributed by atoms with Crippen molar-refractivity contribution in [3.8, 4) is 0 Å². The molecule has 2 bridgehead atoms. The first kappa shape index (κ1) is 20.9. The van der Waals surface area contributed by atoms with Crippen LogP contribution in [-0.4, -0.2) is 39.5 Å². The average molecular weight is 412 g/mol. The topological polar surface area (TPSA) is 85.4 Å². The molecule has 1 amide bonds. The molecule has 30 heavy (non-hydrogen) atoms. The molecule has 162 valence electrons. The van der Waals surface area contributed by atoms with E-state index in [2.05, 4.69) is 36.0 Å². The van der Waals surface area contributed by atoms with Crippen molar-refractivity contribution in [3.63, 3.8) is 0 Å². The van der Waals surface area contributed by atoms with Crippen LogP contribution in [0, 0.1) is 16.7 Å². The summed E-state index contributed by atoms with van der Waals surface area (Å²) in [5, 5.41) is 14.0. The fourth-order valence-electron chi connectivity index (χ4n) is 5.99. The largest absolute Gasteiger partial charge is 0.480 e. The molecule has 1 aromatic heterocycles.